The third kappa shape index (κ3) is 4.35. The SMILES string of the molecule is CCOc1c(Br)cc(/C=N\N2CCN(C)CC2)cc1OC. The van der Waals surface area contributed by atoms with Crippen molar-refractivity contribution in [1.82, 2.24) is 9.91 Å². The monoisotopic (exact) mass is 355 g/mol. The molecule has 0 atom stereocenters. The number of methoxy groups -OCH3 is 1. The van der Waals surface area contributed by atoms with Crippen LogP contribution in [0.3, 0.4) is 0 Å². The van der Waals surface area contributed by atoms with Gasteiger partial charge in [0.15, 0.2) is 11.5 Å². The van der Waals surface area contributed by atoms with Crippen molar-refractivity contribution in [3.05, 3.63) is 22.2 Å². The summed E-state index contributed by atoms with van der Waals surface area (Å²) in [5, 5.41) is 6.64. The second kappa shape index (κ2) is 7.66. The van der Waals surface area contributed by atoms with Gasteiger partial charge >= 0.3 is 0 Å². The topological polar surface area (TPSA) is 37.3 Å². The van der Waals surface area contributed by atoms with Gasteiger partial charge in [-0.15, -0.1) is 0 Å². The zero-order chi connectivity index (χ0) is 15.2. The number of nitrogens with zero attached hydrogens (tertiary/aromatic N) is 3. The van der Waals surface area contributed by atoms with Crippen molar-refractivity contribution in [2.45, 2.75) is 6.92 Å². The molecule has 0 radical (unpaired) electrons. The molecule has 0 aromatic heterocycles. The smallest absolute Gasteiger partial charge is 0.175 e. The summed E-state index contributed by atoms with van der Waals surface area (Å²) >= 11 is 3.53. The third-order valence-corrected chi connectivity index (χ3v) is 3.98. The molecule has 21 heavy (non-hydrogen) atoms. The van der Waals surface area contributed by atoms with Crippen LogP contribution >= 0.6 is 15.9 Å². The Labute approximate surface area is 134 Å². The van der Waals surface area contributed by atoms with Crippen LogP contribution in [0.15, 0.2) is 21.7 Å². The largest absolute Gasteiger partial charge is 0.493 e. The molecular weight excluding hydrogens is 334 g/mol. The van der Waals surface area contributed by atoms with E-state index in [9.17, 15) is 0 Å². The van der Waals surface area contributed by atoms with Crippen molar-refractivity contribution < 1.29 is 9.47 Å². The van der Waals surface area contributed by atoms with Crippen molar-refractivity contribution in [2.24, 2.45) is 5.10 Å². The van der Waals surface area contributed by atoms with Gasteiger partial charge < -0.3 is 14.4 Å². The van der Waals surface area contributed by atoms with Crippen LogP contribution in [0.4, 0.5) is 0 Å². The highest BCUT2D eigenvalue weighted by Gasteiger charge is 2.12. The van der Waals surface area contributed by atoms with Gasteiger partial charge in [-0.1, -0.05) is 0 Å². The molecule has 1 heterocycles. The number of rotatable bonds is 5. The Morgan fingerprint density at radius 3 is 2.62 bits per heavy atom. The van der Waals surface area contributed by atoms with Gasteiger partial charge in [0.1, 0.15) is 0 Å². The molecule has 1 aromatic rings. The Balaban J connectivity index is 2.11. The molecule has 2 rings (SSSR count). The zero-order valence-corrected chi connectivity index (χ0v) is 14.4. The molecule has 0 unspecified atom stereocenters. The number of hydrogen-bond acceptors (Lipinski definition) is 5. The Hall–Kier alpha value is -1.27. The fourth-order valence-corrected chi connectivity index (χ4v) is 2.73. The van der Waals surface area contributed by atoms with Crippen molar-refractivity contribution >= 4 is 22.1 Å². The lowest BCUT2D eigenvalue weighted by atomic mass is 10.2. The number of hydrazone groups is 1. The summed E-state index contributed by atoms with van der Waals surface area (Å²) in [6.07, 6.45) is 1.87. The normalized spacial score (nSPS) is 16.5. The fraction of sp³-hybridized carbons (Fsp3) is 0.533. The van der Waals surface area contributed by atoms with Gasteiger partial charge in [0.05, 0.1) is 24.4 Å². The molecule has 0 N–H and O–H groups in total. The van der Waals surface area contributed by atoms with Gasteiger partial charge in [0.2, 0.25) is 0 Å². The Bertz CT molecular complexity index is 500. The molecule has 5 nitrogen and oxygen atoms in total. The Morgan fingerprint density at radius 2 is 2.00 bits per heavy atom. The van der Waals surface area contributed by atoms with E-state index in [0.717, 1.165) is 42.0 Å². The lowest BCUT2D eigenvalue weighted by Gasteiger charge is -2.30. The molecule has 0 bridgehead atoms. The van der Waals surface area contributed by atoms with E-state index >= 15 is 0 Å². The minimum absolute atomic E-state index is 0.601. The quantitative estimate of drug-likeness (QED) is 0.760. The van der Waals surface area contributed by atoms with E-state index < -0.39 is 0 Å². The molecule has 6 heteroatoms. The molecule has 1 aromatic carbocycles. The summed E-state index contributed by atoms with van der Waals surface area (Å²) < 4.78 is 11.9. The second-order valence-corrected chi connectivity index (χ2v) is 5.82. The van der Waals surface area contributed by atoms with Crippen molar-refractivity contribution in [3.63, 3.8) is 0 Å². The molecule has 0 saturated carbocycles. The minimum atomic E-state index is 0.601. The lowest BCUT2D eigenvalue weighted by Crippen LogP contribution is -2.41. The van der Waals surface area contributed by atoms with E-state index in [-0.39, 0.29) is 0 Å². The molecule has 1 aliphatic heterocycles. The van der Waals surface area contributed by atoms with Gasteiger partial charge in [0.25, 0.3) is 0 Å². The van der Waals surface area contributed by atoms with Gasteiger partial charge in [-0.2, -0.15) is 5.10 Å². The highest BCUT2D eigenvalue weighted by molar-refractivity contribution is 9.10. The van der Waals surface area contributed by atoms with E-state index in [2.05, 4.69) is 38.0 Å². The maximum Gasteiger partial charge on any atom is 0.175 e. The zero-order valence-electron chi connectivity index (χ0n) is 12.8. The molecule has 1 saturated heterocycles. The van der Waals surface area contributed by atoms with Crippen LogP contribution in [-0.2, 0) is 0 Å². The minimum Gasteiger partial charge on any atom is -0.493 e. The third-order valence-electron chi connectivity index (χ3n) is 3.39. The molecule has 1 fully saturated rings. The molecular formula is C15H22BrN3O2. The van der Waals surface area contributed by atoms with Crippen molar-refractivity contribution in [3.8, 4) is 11.5 Å². The molecule has 1 aliphatic rings. The average molecular weight is 356 g/mol. The van der Waals surface area contributed by atoms with E-state index in [1.54, 1.807) is 7.11 Å². The van der Waals surface area contributed by atoms with E-state index in [1.165, 1.54) is 0 Å². The van der Waals surface area contributed by atoms with Crippen LogP contribution in [0.5, 0.6) is 11.5 Å². The summed E-state index contributed by atoms with van der Waals surface area (Å²) in [5.74, 6) is 1.45. The number of hydrogen-bond donors (Lipinski definition) is 0. The number of piperazine rings is 1. The average Bonchev–Trinajstić information content (AvgIpc) is 2.49. The van der Waals surface area contributed by atoms with Crippen LogP contribution < -0.4 is 9.47 Å². The number of halogens is 1. The maximum absolute atomic E-state index is 5.59. The van der Waals surface area contributed by atoms with Gasteiger partial charge in [-0.25, -0.2) is 0 Å². The van der Waals surface area contributed by atoms with Gasteiger partial charge in [-0.05, 0) is 47.6 Å². The molecule has 0 amide bonds. The Kier molecular flexibility index (Phi) is 5.87. The van der Waals surface area contributed by atoms with Crippen molar-refractivity contribution in [1.29, 1.82) is 0 Å². The van der Waals surface area contributed by atoms with Gasteiger partial charge in [0, 0.05) is 26.2 Å². The van der Waals surface area contributed by atoms with Crippen molar-refractivity contribution in [2.75, 3.05) is 46.9 Å². The first-order valence-corrected chi connectivity index (χ1v) is 7.91. The molecule has 0 spiro atoms. The predicted octanol–water partition coefficient (Wildman–Crippen LogP) is 2.44. The first-order chi connectivity index (χ1) is 10.1. The first kappa shape index (κ1) is 16.1. The van der Waals surface area contributed by atoms with Gasteiger partial charge in [-0.3, -0.25) is 5.01 Å². The maximum atomic E-state index is 5.59. The van der Waals surface area contributed by atoms with E-state index in [0.29, 0.717) is 12.4 Å². The number of ether oxygens (including phenoxy) is 2. The predicted molar refractivity (Wildman–Crippen MR) is 88.5 cm³/mol. The molecule has 0 aliphatic carbocycles. The number of benzene rings is 1. The summed E-state index contributed by atoms with van der Waals surface area (Å²) in [4.78, 5) is 2.31. The summed E-state index contributed by atoms with van der Waals surface area (Å²) in [7, 11) is 3.78. The molecule has 116 valence electrons. The highest BCUT2D eigenvalue weighted by atomic mass is 79.9. The van der Waals surface area contributed by atoms with E-state index in [4.69, 9.17) is 9.47 Å². The highest BCUT2D eigenvalue weighted by Crippen LogP contribution is 2.36. The number of likely N-dealkylation sites (N-methyl/N-ethyl adjacent to an activating group) is 1. The van der Waals surface area contributed by atoms with Crippen LogP contribution in [0, 0.1) is 0 Å². The van der Waals surface area contributed by atoms with Crippen LogP contribution in [0.1, 0.15) is 12.5 Å². The summed E-state index contributed by atoms with van der Waals surface area (Å²) in [6.45, 7) is 6.57. The first-order valence-electron chi connectivity index (χ1n) is 7.11. The van der Waals surface area contributed by atoms with Crippen LogP contribution in [0.25, 0.3) is 0 Å². The summed E-state index contributed by atoms with van der Waals surface area (Å²) in [6, 6.07) is 3.93. The van der Waals surface area contributed by atoms with Crippen LogP contribution in [0.2, 0.25) is 0 Å². The standard InChI is InChI=1S/C15H22BrN3O2/c1-4-21-15-13(16)9-12(10-14(15)20-3)11-17-19-7-5-18(2)6-8-19/h9-11H,4-8H2,1-3H3/b17-11-. The van der Waals surface area contributed by atoms with E-state index in [1.807, 2.05) is 25.3 Å². The lowest BCUT2D eigenvalue weighted by molar-refractivity contribution is 0.159. The fourth-order valence-electron chi connectivity index (χ4n) is 2.16. The van der Waals surface area contributed by atoms with Crippen LogP contribution in [-0.4, -0.2) is 63.1 Å². The Morgan fingerprint density at radius 1 is 1.29 bits per heavy atom. The second-order valence-electron chi connectivity index (χ2n) is 4.97. The summed E-state index contributed by atoms with van der Waals surface area (Å²) in [5.41, 5.74) is 0.987.